The number of rotatable bonds is 0. The molecule has 0 aromatic carbocycles. The molecule has 1 aliphatic heterocycles. The van der Waals surface area contributed by atoms with Gasteiger partial charge in [0.05, 0.1) is 13.2 Å². The van der Waals surface area contributed by atoms with Crippen molar-refractivity contribution in [2.24, 2.45) is 16.6 Å². The molecule has 1 aliphatic rings. The van der Waals surface area contributed by atoms with E-state index in [0.717, 1.165) is 26.3 Å². The maximum absolute atomic E-state index is 5.70. The lowest BCUT2D eigenvalue weighted by Gasteiger charge is -2.22. The molecule has 1 unspecified atom stereocenters. The molecule has 0 aliphatic carbocycles. The molecule has 2 N–H and O–H groups in total. The first-order valence-corrected chi connectivity index (χ1v) is 4.29. The quantitative estimate of drug-likeness (QED) is 0.409. The number of aliphatic imine (C=N–C) groups is 1. The molecule has 1 atom stereocenters. The molecule has 4 nitrogen and oxygen atoms in total. The summed E-state index contributed by atoms with van der Waals surface area (Å²) in [5, 5.41) is 0. The van der Waals surface area contributed by atoms with E-state index < -0.39 is 0 Å². The molecule has 12 heavy (non-hydrogen) atoms. The third kappa shape index (κ3) is 2.37. The van der Waals surface area contributed by atoms with Gasteiger partial charge in [-0.05, 0) is 5.92 Å². The average molecular weight is 171 g/mol. The fourth-order valence-electron chi connectivity index (χ4n) is 1.33. The van der Waals surface area contributed by atoms with Crippen molar-refractivity contribution >= 4 is 5.96 Å². The smallest absolute Gasteiger partial charge is 0.191 e. The second-order valence-corrected chi connectivity index (χ2v) is 3.21. The molecule has 0 aromatic rings. The van der Waals surface area contributed by atoms with Gasteiger partial charge in [-0.2, -0.15) is 0 Å². The van der Waals surface area contributed by atoms with E-state index in [-0.39, 0.29) is 0 Å². The van der Waals surface area contributed by atoms with Crippen molar-refractivity contribution in [3.8, 4) is 0 Å². The highest BCUT2D eigenvalue weighted by Gasteiger charge is 2.15. The molecule has 70 valence electrons. The molecule has 1 heterocycles. The van der Waals surface area contributed by atoms with Crippen molar-refractivity contribution in [1.29, 1.82) is 0 Å². The fourth-order valence-corrected chi connectivity index (χ4v) is 1.33. The van der Waals surface area contributed by atoms with E-state index in [0.29, 0.717) is 11.9 Å². The van der Waals surface area contributed by atoms with Crippen molar-refractivity contribution < 1.29 is 4.74 Å². The predicted octanol–water partition coefficient (Wildman–Crippen LogP) is -0.101. The standard InChI is InChI=1S/C8H17N3O/c1-7-5-11(8(9)10-2)3-4-12-6-7/h7H,3-6H2,1-2H3,(H2,9,10). The zero-order chi connectivity index (χ0) is 8.97. The Labute approximate surface area is 73.4 Å². The summed E-state index contributed by atoms with van der Waals surface area (Å²) in [7, 11) is 1.71. The number of hydrogen-bond donors (Lipinski definition) is 1. The Balaban J connectivity index is 2.52. The number of hydrogen-bond acceptors (Lipinski definition) is 2. The van der Waals surface area contributed by atoms with Gasteiger partial charge < -0.3 is 15.4 Å². The maximum atomic E-state index is 5.70. The number of nitrogens with zero attached hydrogens (tertiary/aromatic N) is 2. The molecular formula is C8H17N3O. The molecule has 0 radical (unpaired) electrons. The summed E-state index contributed by atoms with van der Waals surface area (Å²) >= 11 is 0. The molecule has 0 saturated carbocycles. The van der Waals surface area contributed by atoms with E-state index in [4.69, 9.17) is 10.5 Å². The summed E-state index contributed by atoms with van der Waals surface area (Å²) in [6.45, 7) is 5.53. The van der Waals surface area contributed by atoms with Gasteiger partial charge >= 0.3 is 0 Å². The Morgan fingerprint density at radius 2 is 2.42 bits per heavy atom. The lowest BCUT2D eigenvalue weighted by Crippen LogP contribution is -2.40. The SMILES string of the molecule is CN=C(N)N1CCOCC(C)C1. The Bertz CT molecular complexity index is 170. The van der Waals surface area contributed by atoms with Gasteiger partial charge in [0.15, 0.2) is 5.96 Å². The Kier molecular flexibility index (Phi) is 3.34. The van der Waals surface area contributed by atoms with Crippen molar-refractivity contribution in [3.63, 3.8) is 0 Å². The average Bonchev–Trinajstić information content (AvgIpc) is 2.28. The number of guanidine groups is 1. The lowest BCUT2D eigenvalue weighted by atomic mass is 10.2. The van der Waals surface area contributed by atoms with Gasteiger partial charge in [0.1, 0.15) is 0 Å². The third-order valence-electron chi connectivity index (χ3n) is 1.99. The summed E-state index contributed by atoms with van der Waals surface area (Å²) in [4.78, 5) is 6.02. The monoisotopic (exact) mass is 171 g/mol. The van der Waals surface area contributed by atoms with Crippen LogP contribution in [0.1, 0.15) is 6.92 Å². The predicted molar refractivity (Wildman–Crippen MR) is 49.1 cm³/mol. The maximum Gasteiger partial charge on any atom is 0.191 e. The topological polar surface area (TPSA) is 50.8 Å². The van der Waals surface area contributed by atoms with Crippen LogP contribution in [0.25, 0.3) is 0 Å². The summed E-state index contributed by atoms with van der Waals surface area (Å²) in [6.07, 6.45) is 0. The normalized spacial score (nSPS) is 27.0. The Morgan fingerprint density at radius 3 is 3.08 bits per heavy atom. The van der Waals surface area contributed by atoms with Crippen LogP contribution < -0.4 is 5.73 Å². The highest BCUT2D eigenvalue weighted by Crippen LogP contribution is 2.04. The summed E-state index contributed by atoms with van der Waals surface area (Å²) in [5.41, 5.74) is 5.70. The highest BCUT2D eigenvalue weighted by atomic mass is 16.5. The minimum atomic E-state index is 0.535. The van der Waals surface area contributed by atoms with Gasteiger partial charge in [-0.1, -0.05) is 6.92 Å². The summed E-state index contributed by atoms with van der Waals surface area (Å²) in [5.74, 6) is 1.15. The first kappa shape index (κ1) is 9.32. The minimum absolute atomic E-state index is 0.535. The molecule has 0 spiro atoms. The van der Waals surface area contributed by atoms with Crippen molar-refractivity contribution in [2.75, 3.05) is 33.4 Å². The first-order chi connectivity index (χ1) is 5.74. The molecule has 1 saturated heterocycles. The fraction of sp³-hybridized carbons (Fsp3) is 0.875. The Hall–Kier alpha value is -0.770. The zero-order valence-electron chi connectivity index (χ0n) is 7.79. The van der Waals surface area contributed by atoms with E-state index in [1.807, 2.05) is 0 Å². The molecular weight excluding hydrogens is 154 g/mol. The van der Waals surface area contributed by atoms with Crippen LogP contribution in [0.2, 0.25) is 0 Å². The van der Waals surface area contributed by atoms with Gasteiger partial charge in [0, 0.05) is 20.1 Å². The molecule has 4 heteroatoms. The van der Waals surface area contributed by atoms with Crippen LogP contribution in [0.5, 0.6) is 0 Å². The first-order valence-electron chi connectivity index (χ1n) is 4.29. The molecule has 0 aromatic heterocycles. The van der Waals surface area contributed by atoms with Crippen LogP contribution in [0.15, 0.2) is 4.99 Å². The second-order valence-electron chi connectivity index (χ2n) is 3.21. The highest BCUT2D eigenvalue weighted by molar-refractivity contribution is 5.77. The van der Waals surface area contributed by atoms with Gasteiger partial charge in [-0.25, -0.2) is 0 Å². The second kappa shape index (κ2) is 4.30. The minimum Gasteiger partial charge on any atom is -0.379 e. The molecule has 1 rings (SSSR count). The largest absolute Gasteiger partial charge is 0.379 e. The van der Waals surface area contributed by atoms with Crippen molar-refractivity contribution in [3.05, 3.63) is 0 Å². The summed E-state index contributed by atoms with van der Waals surface area (Å²) < 4.78 is 5.38. The van der Waals surface area contributed by atoms with Crippen LogP contribution in [0, 0.1) is 5.92 Å². The van der Waals surface area contributed by atoms with E-state index in [2.05, 4.69) is 16.8 Å². The number of nitrogens with two attached hydrogens (primary N) is 1. The van der Waals surface area contributed by atoms with Crippen LogP contribution in [0.4, 0.5) is 0 Å². The van der Waals surface area contributed by atoms with Crippen LogP contribution >= 0.6 is 0 Å². The van der Waals surface area contributed by atoms with E-state index in [1.54, 1.807) is 7.05 Å². The summed E-state index contributed by atoms with van der Waals surface area (Å²) in [6, 6.07) is 0. The van der Waals surface area contributed by atoms with Crippen LogP contribution in [0.3, 0.4) is 0 Å². The number of ether oxygens (including phenoxy) is 1. The third-order valence-corrected chi connectivity index (χ3v) is 1.99. The lowest BCUT2D eigenvalue weighted by molar-refractivity contribution is 0.127. The van der Waals surface area contributed by atoms with Gasteiger partial charge in [0.25, 0.3) is 0 Å². The van der Waals surface area contributed by atoms with Gasteiger partial charge in [-0.3, -0.25) is 4.99 Å². The van der Waals surface area contributed by atoms with Crippen molar-refractivity contribution in [2.45, 2.75) is 6.92 Å². The van der Waals surface area contributed by atoms with Crippen LogP contribution in [-0.4, -0.2) is 44.2 Å². The van der Waals surface area contributed by atoms with Gasteiger partial charge in [0.2, 0.25) is 0 Å². The molecule has 0 bridgehead atoms. The zero-order valence-corrected chi connectivity index (χ0v) is 7.79. The van der Waals surface area contributed by atoms with Crippen LogP contribution in [-0.2, 0) is 4.74 Å². The van der Waals surface area contributed by atoms with E-state index in [9.17, 15) is 0 Å². The van der Waals surface area contributed by atoms with E-state index >= 15 is 0 Å². The Morgan fingerprint density at radius 1 is 1.67 bits per heavy atom. The van der Waals surface area contributed by atoms with Gasteiger partial charge in [-0.15, -0.1) is 0 Å². The molecule has 1 fully saturated rings. The van der Waals surface area contributed by atoms with Crippen molar-refractivity contribution in [1.82, 2.24) is 4.90 Å². The van der Waals surface area contributed by atoms with E-state index in [1.165, 1.54) is 0 Å². The molecule has 0 amide bonds.